The van der Waals surface area contributed by atoms with Crippen molar-refractivity contribution in [3.8, 4) is 34.1 Å². The number of benzene rings is 6. The van der Waals surface area contributed by atoms with E-state index in [0.29, 0.717) is 16.5 Å². The summed E-state index contributed by atoms with van der Waals surface area (Å²) in [7, 11) is 0. The number of hydrogen-bond acceptors (Lipinski definition) is 4. The number of anilines is 3. The highest BCUT2D eigenvalue weighted by molar-refractivity contribution is 7.26. The fraction of sp³-hybridized carbons (Fsp3) is 0. The smallest absolute Gasteiger partial charge is 0.170 e. The Morgan fingerprint density at radius 2 is 1.15 bits per heavy atom. The molecule has 8 rings (SSSR count). The Balaban J connectivity index is 1.22. The summed E-state index contributed by atoms with van der Waals surface area (Å²) in [6.07, 6.45) is 0. The minimum absolute atomic E-state index is 0.710. The third kappa shape index (κ3) is 4.20. The molecule has 1 aliphatic rings. The van der Waals surface area contributed by atoms with E-state index in [1.54, 1.807) is 11.3 Å². The van der Waals surface area contributed by atoms with Crippen molar-refractivity contribution in [3.63, 3.8) is 0 Å². The molecular formula is C36H22ClNO2S. The molecule has 0 amide bonds. The van der Waals surface area contributed by atoms with Gasteiger partial charge in [-0.1, -0.05) is 78.3 Å². The van der Waals surface area contributed by atoms with Crippen LogP contribution in [-0.4, -0.2) is 0 Å². The quantitative estimate of drug-likeness (QED) is 0.211. The van der Waals surface area contributed by atoms with E-state index in [2.05, 4.69) is 95.9 Å². The monoisotopic (exact) mass is 567 g/mol. The van der Waals surface area contributed by atoms with Crippen LogP contribution in [0.4, 0.5) is 17.1 Å². The van der Waals surface area contributed by atoms with E-state index in [4.69, 9.17) is 21.1 Å². The Kier molecular flexibility index (Phi) is 5.69. The molecule has 7 aromatic rings. The Morgan fingerprint density at radius 3 is 1.95 bits per heavy atom. The minimum Gasteiger partial charge on any atom is -0.450 e. The first-order valence-electron chi connectivity index (χ1n) is 13.4. The van der Waals surface area contributed by atoms with Gasteiger partial charge in [-0.05, 0) is 77.9 Å². The van der Waals surface area contributed by atoms with Crippen LogP contribution in [0.3, 0.4) is 0 Å². The fourth-order valence-electron chi connectivity index (χ4n) is 5.46. The van der Waals surface area contributed by atoms with Crippen LogP contribution in [-0.2, 0) is 0 Å². The highest BCUT2D eigenvalue weighted by Crippen LogP contribution is 2.48. The summed E-state index contributed by atoms with van der Waals surface area (Å²) in [6.45, 7) is 0. The third-order valence-electron chi connectivity index (χ3n) is 7.37. The molecule has 0 bridgehead atoms. The molecule has 196 valence electrons. The van der Waals surface area contributed by atoms with Gasteiger partial charge in [0.25, 0.3) is 0 Å². The number of thiophene rings is 1. The van der Waals surface area contributed by atoms with Gasteiger partial charge in [-0.3, -0.25) is 0 Å². The summed E-state index contributed by atoms with van der Waals surface area (Å²) >= 11 is 8.55. The lowest BCUT2D eigenvalue weighted by atomic mass is 10.0. The summed E-state index contributed by atoms with van der Waals surface area (Å²) in [5, 5.41) is 3.11. The largest absolute Gasteiger partial charge is 0.450 e. The summed E-state index contributed by atoms with van der Waals surface area (Å²) < 4.78 is 14.6. The number of fused-ring (bicyclic) bond motifs is 5. The van der Waals surface area contributed by atoms with Gasteiger partial charge in [-0.2, -0.15) is 0 Å². The molecule has 0 saturated heterocycles. The average Bonchev–Trinajstić information content (AvgIpc) is 3.39. The van der Waals surface area contributed by atoms with E-state index < -0.39 is 0 Å². The van der Waals surface area contributed by atoms with Gasteiger partial charge in [0, 0.05) is 31.9 Å². The van der Waals surface area contributed by atoms with Crippen molar-refractivity contribution in [1.29, 1.82) is 0 Å². The Labute approximate surface area is 246 Å². The van der Waals surface area contributed by atoms with Crippen LogP contribution in [0.25, 0.3) is 31.3 Å². The molecule has 6 aromatic carbocycles. The molecule has 1 aromatic heterocycles. The first-order chi connectivity index (χ1) is 20.2. The van der Waals surface area contributed by atoms with Gasteiger partial charge in [0.1, 0.15) is 0 Å². The molecule has 0 fully saturated rings. The fourth-order valence-corrected chi connectivity index (χ4v) is 6.86. The lowest BCUT2D eigenvalue weighted by Crippen LogP contribution is -2.10. The summed E-state index contributed by atoms with van der Waals surface area (Å²) in [5.74, 6) is 2.88. The molecule has 3 nitrogen and oxygen atoms in total. The van der Waals surface area contributed by atoms with Gasteiger partial charge in [0.05, 0.1) is 10.4 Å². The lowest BCUT2D eigenvalue weighted by Gasteiger charge is -2.26. The van der Waals surface area contributed by atoms with Gasteiger partial charge in [-0.25, -0.2) is 0 Å². The van der Waals surface area contributed by atoms with Crippen LogP contribution in [0.5, 0.6) is 23.0 Å². The first-order valence-corrected chi connectivity index (χ1v) is 14.6. The van der Waals surface area contributed by atoms with Crippen molar-refractivity contribution in [2.24, 2.45) is 0 Å². The van der Waals surface area contributed by atoms with Crippen molar-refractivity contribution in [2.75, 3.05) is 4.90 Å². The second kappa shape index (κ2) is 9.70. The molecule has 0 N–H and O–H groups in total. The Bertz CT molecular complexity index is 2070. The van der Waals surface area contributed by atoms with Crippen LogP contribution in [0.2, 0.25) is 5.02 Å². The van der Waals surface area contributed by atoms with E-state index in [1.165, 1.54) is 20.2 Å². The normalized spacial score (nSPS) is 11.9. The van der Waals surface area contributed by atoms with Crippen LogP contribution >= 0.6 is 22.9 Å². The number of ether oxygens (including phenoxy) is 2. The van der Waals surface area contributed by atoms with Crippen molar-refractivity contribution in [2.45, 2.75) is 0 Å². The predicted octanol–water partition coefficient (Wildman–Crippen LogP) is 11.7. The number of para-hydroxylation sites is 3. The molecule has 0 radical (unpaired) electrons. The Morgan fingerprint density at radius 1 is 0.512 bits per heavy atom. The molecule has 0 aliphatic carbocycles. The molecular weight excluding hydrogens is 546 g/mol. The average molecular weight is 568 g/mol. The van der Waals surface area contributed by atoms with Gasteiger partial charge < -0.3 is 14.4 Å². The predicted molar refractivity (Wildman–Crippen MR) is 171 cm³/mol. The molecule has 5 heteroatoms. The van der Waals surface area contributed by atoms with Gasteiger partial charge in [0.15, 0.2) is 23.0 Å². The van der Waals surface area contributed by atoms with E-state index in [0.717, 1.165) is 39.7 Å². The first kappa shape index (κ1) is 24.1. The zero-order chi connectivity index (χ0) is 27.3. The van der Waals surface area contributed by atoms with Gasteiger partial charge >= 0.3 is 0 Å². The van der Waals surface area contributed by atoms with E-state index in [1.807, 2.05) is 42.5 Å². The molecule has 1 aliphatic heterocycles. The maximum Gasteiger partial charge on any atom is 0.170 e. The van der Waals surface area contributed by atoms with Crippen molar-refractivity contribution in [3.05, 3.63) is 138 Å². The van der Waals surface area contributed by atoms with E-state index in [-0.39, 0.29) is 0 Å². The minimum atomic E-state index is 0.710. The van der Waals surface area contributed by atoms with Crippen LogP contribution < -0.4 is 14.4 Å². The molecule has 41 heavy (non-hydrogen) atoms. The second-order valence-electron chi connectivity index (χ2n) is 9.93. The van der Waals surface area contributed by atoms with Gasteiger partial charge in [-0.15, -0.1) is 11.3 Å². The zero-order valence-corrected chi connectivity index (χ0v) is 23.3. The number of rotatable bonds is 4. The third-order valence-corrected chi connectivity index (χ3v) is 8.80. The van der Waals surface area contributed by atoms with Crippen molar-refractivity contribution in [1.82, 2.24) is 0 Å². The molecule has 0 saturated carbocycles. The highest BCUT2D eigenvalue weighted by atomic mass is 35.5. The van der Waals surface area contributed by atoms with Gasteiger partial charge in [0.2, 0.25) is 0 Å². The van der Waals surface area contributed by atoms with E-state index in [9.17, 15) is 0 Å². The topological polar surface area (TPSA) is 21.7 Å². The SMILES string of the molecule is Clc1cc(N(c2ccccc2)c2ccc(-c3ccc4c(c3)Oc3ccccc3O4)cc2)c2sc3ccccc3c2c1. The van der Waals surface area contributed by atoms with Crippen LogP contribution in [0, 0.1) is 0 Å². The maximum absolute atomic E-state index is 6.75. The maximum atomic E-state index is 6.75. The summed E-state index contributed by atoms with van der Waals surface area (Å²) in [4.78, 5) is 2.29. The lowest BCUT2D eigenvalue weighted by molar-refractivity contribution is 0.360. The molecule has 2 heterocycles. The Hall–Kier alpha value is -4.77. The summed E-state index contributed by atoms with van der Waals surface area (Å²) in [5.41, 5.74) is 5.32. The summed E-state index contributed by atoms with van der Waals surface area (Å²) in [6, 6.07) is 45.5. The molecule has 0 spiro atoms. The zero-order valence-electron chi connectivity index (χ0n) is 21.8. The highest BCUT2D eigenvalue weighted by Gasteiger charge is 2.21. The van der Waals surface area contributed by atoms with Crippen LogP contribution in [0.1, 0.15) is 0 Å². The number of halogens is 1. The second-order valence-corrected chi connectivity index (χ2v) is 11.4. The van der Waals surface area contributed by atoms with E-state index >= 15 is 0 Å². The van der Waals surface area contributed by atoms with Crippen LogP contribution in [0.15, 0.2) is 133 Å². The van der Waals surface area contributed by atoms with Crippen molar-refractivity contribution < 1.29 is 9.47 Å². The molecule has 0 atom stereocenters. The van der Waals surface area contributed by atoms with Crippen molar-refractivity contribution >= 4 is 60.2 Å². The number of hydrogen-bond donors (Lipinski definition) is 0. The number of nitrogens with zero attached hydrogens (tertiary/aromatic N) is 1. The molecule has 0 unspecified atom stereocenters. The standard InChI is InChI=1S/C36H22ClNO2S/c37-25-21-29-28-10-4-7-13-35(28)41-36(29)30(22-25)38(26-8-2-1-3-9-26)27-17-14-23(15-18-27)24-16-19-33-34(20-24)40-32-12-6-5-11-31(32)39-33/h1-22H.